The predicted molar refractivity (Wildman–Crippen MR) is 87.9 cm³/mol. The first-order valence-corrected chi connectivity index (χ1v) is 8.62. The van der Waals surface area contributed by atoms with Crippen molar-refractivity contribution in [1.29, 1.82) is 0 Å². The number of rotatable bonds is 4. The fraction of sp³-hybridized carbons (Fsp3) is 0.529. The van der Waals surface area contributed by atoms with Crippen molar-refractivity contribution in [3.05, 3.63) is 36.0 Å². The number of carbonyl (C=O) groups excluding carboxylic acids is 2. The summed E-state index contributed by atoms with van der Waals surface area (Å²) in [5.74, 6) is 0.845. The zero-order chi connectivity index (χ0) is 17.4. The SMILES string of the molecule is CNC(=O)C1(n2cccn2)CCCN(C(=O)c2cc(C3CC3)on2)C1. The van der Waals surface area contributed by atoms with Gasteiger partial charge in [-0.25, -0.2) is 0 Å². The molecule has 132 valence electrons. The monoisotopic (exact) mass is 343 g/mol. The van der Waals surface area contributed by atoms with Crippen LogP contribution in [0.4, 0.5) is 0 Å². The second-order valence-electron chi connectivity index (χ2n) is 6.78. The maximum absolute atomic E-state index is 12.9. The number of carbonyl (C=O) groups is 2. The van der Waals surface area contributed by atoms with Crippen molar-refractivity contribution in [3.63, 3.8) is 0 Å². The molecule has 1 N–H and O–H groups in total. The average Bonchev–Trinajstić information content (AvgIpc) is 3.15. The Morgan fingerprint density at radius 1 is 1.40 bits per heavy atom. The number of amides is 2. The molecule has 1 aliphatic heterocycles. The van der Waals surface area contributed by atoms with Crippen molar-refractivity contribution in [2.45, 2.75) is 37.1 Å². The van der Waals surface area contributed by atoms with Crippen LogP contribution in [0.1, 0.15) is 47.8 Å². The Balaban J connectivity index is 1.59. The average molecular weight is 343 g/mol. The van der Waals surface area contributed by atoms with Crippen molar-refractivity contribution in [3.8, 4) is 0 Å². The molecule has 3 heterocycles. The van der Waals surface area contributed by atoms with E-state index in [2.05, 4.69) is 15.6 Å². The normalized spacial score (nSPS) is 23.5. The summed E-state index contributed by atoms with van der Waals surface area (Å²) in [6.45, 7) is 0.850. The van der Waals surface area contributed by atoms with Gasteiger partial charge in [-0.3, -0.25) is 14.3 Å². The minimum atomic E-state index is -0.894. The van der Waals surface area contributed by atoms with Gasteiger partial charge in [0.05, 0.1) is 6.54 Å². The van der Waals surface area contributed by atoms with Crippen LogP contribution in [-0.4, -0.2) is 51.8 Å². The zero-order valence-electron chi connectivity index (χ0n) is 14.1. The van der Waals surface area contributed by atoms with Gasteiger partial charge in [0.1, 0.15) is 5.76 Å². The molecule has 8 nitrogen and oxygen atoms in total. The second-order valence-corrected chi connectivity index (χ2v) is 6.78. The molecule has 2 fully saturated rings. The van der Waals surface area contributed by atoms with Crippen molar-refractivity contribution in [2.24, 2.45) is 0 Å². The minimum absolute atomic E-state index is 0.146. The first kappa shape index (κ1) is 15.9. The Kier molecular flexibility index (Phi) is 3.82. The maximum Gasteiger partial charge on any atom is 0.276 e. The third-order valence-corrected chi connectivity index (χ3v) is 5.08. The molecule has 1 atom stereocenters. The van der Waals surface area contributed by atoms with Crippen molar-refractivity contribution in [2.75, 3.05) is 20.1 Å². The lowest BCUT2D eigenvalue weighted by molar-refractivity contribution is -0.132. The van der Waals surface area contributed by atoms with E-state index < -0.39 is 5.54 Å². The Bertz CT molecular complexity index is 780. The molecule has 1 saturated carbocycles. The number of likely N-dealkylation sites (tertiary alicyclic amines) is 1. The van der Waals surface area contributed by atoms with Crippen LogP contribution in [0.2, 0.25) is 0 Å². The maximum atomic E-state index is 12.9. The van der Waals surface area contributed by atoms with E-state index in [1.54, 1.807) is 41.2 Å². The number of piperidine rings is 1. The van der Waals surface area contributed by atoms with Crippen LogP contribution in [-0.2, 0) is 10.3 Å². The molecule has 2 aromatic rings. The molecule has 1 saturated heterocycles. The lowest BCUT2D eigenvalue weighted by Gasteiger charge is -2.41. The fourth-order valence-electron chi connectivity index (χ4n) is 3.55. The summed E-state index contributed by atoms with van der Waals surface area (Å²) in [7, 11) is 1.61. The molecule has 1 aliphatic carbocycles. The van der Waals surface area contributed by atoms with Gasteiger partial charge in [-0.1, -0.05) is 5.16 Å². The van der Waals surface area contributed by atoms with Gasteiger partial charge in [0.25, 0.3) is 5.91 Å². The van der Waals surface area contributed by atoms with Crippen molar-refractivity contribution in [1.82, 2.24) is 25.2 Å². The van der Waals surface area contributed by atoms with Crippen LogP contribution in [0.25, 0.3) is 0 Å². The fourth-order valence-corrected chi connectivity index (χ4v) is 3.55. The summed E-state index contributed by atoms with van der Waals surface area (Å²) in [5, 5.41) is 10.9. The molecular weight excluding hydrogens is 322 g/mol. The van der Waals surface area contributed by atoms with E-state index in [-0.39, 0.29) is 18.4 Å². The predicted octanol–water partition coefficient (Wildman–Crippen LogP) is 1.13. The van der Waals surface area contributed by atoms with Gasteiger partial charge in [0.15, 0.2) is 11.2 Å². The van der Waals surface area contributed by atoms with E-state index in [1.807, 2.05) is 0 Å². The zero-order valence-corrected chi connectivity index (χ0v) is 14.1. The Morgan fingerprint density at radius 2 is 2.24 bits per heavy atom. The van der Waals surface area contributed by atoms with Gasteiger partial charge in [-0.05, 0) is 31.7 Å². The van der Waals surface area contributed by atoms with Crippen molar-refractivity contribution < 1.29 is 14.1 Å². The van der Waals surface area contributed by atoms with Crippen LogP contribution in [0.3, 0.4) is 0 Å². The van der Waals surface area contributed by atoms with Gasteiger partial charge < -0.3 is 14.7 Å². The molecule has 2 aliphatic rings. The lowest BCUT2D eigenvalue weighted by atomic mass is 9.87. The van der Waals surface area contributed by atoms with Gasteiger partial charge in [-0.15, -0.1) is 0 Å². The molecular formula is C17H21N5O3. The van der Waals surface area contributed by atoms with Gasteiger partial charge in [0.2, 0.25) is 5.91 Å². The van der Waals surface area contributed by atoms with Gasteiger partial charge in [0, 0.05) is 38.0 Å². The number of nitrogens with zero attached hydrogens (tertiary/aromatic N) is 4. The molecule has 1 unspecified atom stereocenters. The summed E-state index contributed by atoms with van der Waals surface area (Å²) < 4.78 is 6.96. The summed E-state index contributed by atoms with van der Waals surface area (Å²) in [6, 6.07) is 3.52. The third-order valence-electron chi connectivity index (χ3n) is 5.08. The molecule has 0 aromatic carbocycles. The molecule has 0 radical (unpaired) electrons. The van der Waals surface area contributed by atoms with E-state index in [0.29, 0.717) is 31.0 Å². The number of likely N-dealkylation sites (N-methyl/N-ethyl adjacent to an activating group) is 1. The van der Waals surface area contributed by atoms with E-state index in [1.165, 1.54) is 0 Å². The topological polar surface area (TPSA) is 93.3 Å². The van der Waals surface area contributed by atoms with Crippen LogP contribution in [0.5, 0.6) is 0 Å². The van der Waals surface area contributed by atoms with E-state index in [4.69, 9.17) is 4.52 Å². The molecule has 2 aromatic heterocycles. The highest BCUT2D eigenvalue weighted by Crippen LogP contribution is 2.40. The van der Waals surface area contributed by atoms with Crippen molar-refractivity contribution >= 4 is 11.8 Å². The van der Waals surface area contributed by atoms with Crippen LogP contribution in [0, 0.1) is 0 Å². The standard InChI is InChI=1S/C17H21N5O3/c1-18-16(24)17(22-9-3-7-19-22)6-2-8-21(11-17)15(23)13-10-14(25-20-13)12-4-5-12/h3,7,9-10,12H,2,4-6,8,11H2,1H3,(H,18,24). The van der Waals surface area contributed by atoms with Crippen LogP contribution < -0.4 is 5.32 Å². The smallest absolute Gasteiger partial charge is 0.276 e. The Hall–Kier alpha value is -2.64. The minimum Gasteiger partial charge on any atom is -0.360 e. The van der Waals surface area contributed by atoms with Crippen LogP contribution in [0.15, 0.2) is 29.0 Å². The number of aromatic nitrogens is 3. The molecule has 0 bridgehead atoms. The summed E-state index contributed by atoms with van der Waals surface area (Å²) in [6.07, 6.45) is 6.93. The largest absolute Gasteiger partial charge is 0.360 e. The molecule has 25 heavy (non-hydrogen) atoms. The molecule has 4 rings (SSSR count). The van der Waals surface area contributed by atoms with E-state index in [0.717, 1.165) is 18.6 Å². The van der Waals surface area contributed by atoms with Gasteiger partial charge in [-0.2, -0.15) is 5.10 Å². The van der Waals surface area contributed by atoms with Gasteiger partial charge >= 0.3 is 0 Å². The highest BCUT2D eigenvalue weighted by Gasteiger charge is 2.45. The number of nitrogens with one attached hydrogen (secondary N) is 1. The number of hydrogen-bond donors (Lipinski definition) is 1. The Labute approximate surface area is 145 Å². The Morgan fingerprint density at radius 3 is 2.92 bits per heavy atom. The van der Waals surface area contributed by atoms with Crippen LogP contribution >= 0.6 is 0 Å². The third kappa shape index (κ3) is 2.71. The quantitative estimate of drug-likeness (QED) is 0.898. The highest BCUT2D eigenvalue weighted by atomic mass is 16.5. The first-order chi connectivity index (χ1) is 12.1. The highest BCUT2D eigenvalue weighted by molar-refractivity contribution is 5.93. The summed E-state index contributed by atoms with van der Waals surface area (Å²) >= 11 is 0. The number of hydrogen-bond acceptors (Lipinski definition) is 5. The lowest BCUT2D eigenvalue weighted by Crippen LogP contribution is -2.59. The summed E-state index contributed by atoms with van der Waals surface area (Å²) in [5.41, 5.74) is -0.579. The van der Waals surface area contributed by atoms with E-state index in [9.17, 15) is 9.59 Å². The first-order valence-electron chi connectivity index (χ1n) is 8.62. The van der Waals surface area contributed by atoms with E-state index >= 15 is 0 Å². The molecule has 0 spiro atoms. The second kappa shape index (κ2) is 6.02. The molecule has 8 heteroatoms. The molecule has 2 amide bonds. The summed E-state index contributed by atoms with van der Waals surface area (Å²) in [4.78, 5) is 27.2.